The number of rotatable bonds is 5. The van der Waals surface area contributed by atoms with Crippen LogP contribution in [-0.4, -0.2) is 24.7 Å². The molecule has 0 aliphatic heterocycles. The van der Waals surface area contributed by atoms with Crippen molar-refractivity contribution in [3.05, 3.63) is 59.7 Å². The largest absolute Gasteiger partial charge is 0.462 e. The fourth-order valence-electron chi connectivity index (χ4n) is 1.87. The van der Waals surface area contributed by atoms with Crippen LogP contribution in [0.25, 0.3) is 0 Å². The van der Waals surface area contributed by atoms with Crippen LogP contribution in [0.3, 0.4) is 0 Å². The molecule has 5 heteroatoms. The summed E-state index contributed by atoms with van der Waals surface area (Å²) in [5.74, 6) is -0.548. The Balaban J connectivity index is 2.06. The lowest BCUT2D eigenvalue weighted by Crippen LogP contribution is -2.12. The van der Waals surface area contributed by atoms with Gasteiger partial charge in [0.1, 0.15) is 0 Å². The van der Waals surface area contributed by atoms with E-state index in [1.54, 1.807) is 49.0 Å². The van der Waals surface area contributed by atoms with Crippen molar-refractivity contribution in [3.8, 4) is 0 Å². The average molecular weight is 315 g/mol. The maximum Gasteiger partial charge on any atom is 0.338 e. The Labute approximate surface area is 133 Å². The molecule has 1 amide bonds. The van der Waals surface area contributed by atoms with Crippen LogP contribution in [0.1, 0.15) is 27.6 Å². The first kappa shape index (κ1) is 16.1. The number of thioether (sulfide) groups is 1. The average Bonchev–Trinajstić information content (AvgIpc) is 2.55. The SMILES string of the molecule is CCOC(=O)c1ccc(NC(=O)c2cccc(SC)c2)cc1. The second-order valence-electron chi connectivity index (χ2n) is 4.48. The van der Waals surface area contributed by atoms with Crippen LogP contribution >= 0.6 is 11.8 Å². The minimum absolute atomic E-state index is 0.181. The molecule has 114 valence electrons. The highest BCUT2D eigenvalue weighted by atomic mass is 32.2. The molecule has 1 N–H and O–H groups in total. The number of anilines is 1. The molecule has 0 fully saturated rings. The molecule has 0 unspecified atom stereocenters. The summed E-state index contributed by atoms with van der Waals surface area (Å²) in [6, 6.07) is 14.0. The quantitative estimate of drug-likeness (QED) is 0.673. The van der Waals surface area contributed by atoms with Gasteiger partial charge < -0.3 is 10.1 Å². The molecule has 0 spiro atoms. The molecule has 0 bridgehead atoms. The highest BCUT2D eigenvalue weighted by molar-refractivity contribution is 7.98. The van der Waals surface area contributed by atoms with Crippen LogP contribution < -0.4 is 5.32 Å². The van der Waals surface area contributed by atoms with E-state index in [2.05, 4.69) is 5.32 Å². The van der Waals surface area contributed by atoms with Crippen LogP contribution in [-0.2, 0) is 4.74 Å². The molecule has 2 aromatic carbocycles. The van der Waals surface area contributed by atoms with Crippen molar-refractivity contribution in [2.75, 3.05) is 18.2 Å². The summed E-state index contributed by atoms with van der Waals surface area (Å²) < 4.78 is 4.92. The summed E-state index contributed by atoms with van der Waals surface area (Å²) in [4.78, 5) is 24.8. The van der Waals surface area contributed by atoms with E-state index in [1.807, 2.05) is 24.5 Å². The van der Waals surface area contributed by atoms with Crippen molar-refractivity contribution in [1.82, 2.24) is 0 Å². The highest BCUT2D eigenvalue weighted by Crippen LogP contribution is 2.17. The van der Waals surface area contributed by atoms with Crippen molar-refractivity contribution in [3.63, 3.8) is 0 Å². The molecule has 22 heavy (non-hydrogen) atoms. The molecule has 0 saturated heterocycles. The summed E-state index contributed by atoms with van der Waals surface area (Å²) in [6.07, 6.45) is 1.96. The number of carbonyl (C=O) groups excluding carboxylic acids is 2. The first-order valence-electron chi connectivity index (χ1n) is 6.86. The van der Waals surface area contributed by atoms with Crippen LogP contribution in [0, 0.1) is 0 Å². The number of nitrogens with one attached hydrogen (secondary N) is 1. The second-order valence-corrected chi connectivity index (χ2v) is 5.36. The van der Waals surface area contributed by atoms with Gasteiger partial charge in [-0.25, -0.2) is 4.79 Å². The van der Waals surface area contributed by atoms with Crippen molar-refractivity contribution in [1.29, 1.82) is 0 Å². The maximum absolute atomic E-state index is 12.2. The van der Waals surface area contributed by atoms with Gasteiger partial charge in [0, 0.05) is 16.1 Å². The van der Waals surface area contributed by atoms with E-state index in [0.717, 1.165) is 4.90 Å². The van der Waals surface area contributed by atoms with Crippen LogP contribution in [0.4, 0.5) is 5.69 Å². The molecule has 0 aliphatic carbocycles. The minimum Gasteiger partial charge on any atom is -0.462 e. The minimum atomic E-state index is -0.368. The third kappa shape index (κ3) is 4.11. The summed E-state index contributed by atoms with van der Waals surface area (Å²) in [6.45, 7) is 2.10. The normalized spacial score (nSPS) is 10.1. The second kappa shape index (κ2) is 7.66. The molecule has 0 saturated carbocycles. The fraction of sp³-hybridized carbons (Fsp3) is 0.176. The van der Waals surface area contributed by atoms with Gasteiger partial charge in [0.2, 0.25) is 0 Å². The third-order valence-electron chi connectivity index (χ3n) is 2.99. The molecule has 2 rings (SSSR count). The number of amides is 1. The Bertz CT molecular complexity index is 668. The number of ether oxygens (including phenoxy) is 1. The van der Waals surface area contributed by atoms with Gasteiger partial charge in [-0.1, -0.05) is 6.07 Å². The Morgan fingerprint density at radius 1 is 1.09 bits per heavy atom. The monoisotopic (exact) mass is 315 g/mol. The van der Waals surface area contributed by atoms with Gasteiger partial charge in [-0.3, -0.25) is 4.79 Å². The van der Waals surface area contributed by atoms with Gasteiger partial charge >= 0.3 is 5.97 Å². The number of carbonyl (C=O) groups is 2. The number of esters is 1. The molecular weight excluding hydrogens is 298 g/mol. The van der Waals surface area contributed by atoms with Gasteiger partial charge in [0.25, 0.3) is 5.91 Å². The Kier molecular flexibility index (Phi) is 5.61. The van der Waals surface area contributed by atoms with Crippen molar-refractivity contribution < 1.29 is 14.3 Å². The van der Waals surface area contributed by atoms with E-state index < -0.39 is 0 Å². The van der Waals surface area contributed by atoms with Gasteiger partial charge in [-0.05, 0) is 55.6 Å². The number of hydrogen-bond donors (Lipinski definition) is 1. The number of hydrogen-bond acceptors (Lipinski definition) is 4. The van der Waals surface area contributed by atoms with E-state index in [9.17, 15) is 9.59 Å². The van der Waals surface area contributed by atoms with E-state index >= 15 is 0 Å². The van der Waals surface area contributed by atoms with Crippen molar-refractivity contribution in [2.45, 2.75) is 11.8 Å². The number of benzene rings is 2. The molecule has 0 aromatic heterocycles. The third-order valence-corrected chi connectivity index (χ3v) is 3.71. The zero-order valence-corrected chi connectivity index (χ0v) is 13.3. The zero-order valence-electron chi connectivity index (χ0n) is 12.5. The fourth-order valence-corrected chi connectivity index (χ4v) is 2.33. The molecule has 0 aliphatic rings. The van der Waals surface area contributed by atoms with Crippen molar-refractivity contribution in [2.24, 2.45) is 0 Å². The molecule has 4 nitrogen and oxygen atoms in total. The first-order valence-corrected chi connectivity index (χ1v) is 8.09. The van der Waals surface area contributed by atoms with Crippen molar-refractivity contribution >= 4 is 29.3 Å². The molecule has 0 atom stereocenters. The molecule has 0 radical (unpaired) electrons. The smallest absolute Gasteiger partial charge is 0.338 e. The van der Waals surface area contributed by atoms with Gasteiger partial charge in [0.15, 0.2) is 0 Å². The molecular formula is C17H17NO3S. The van der Waals surface area contributed by atoms with E-state index in [-0.39, 0.29) is 11.9 Å². The topological polar surface area (TPSA) is 55.4 Å². The Morgan fingerprint density at radius 3 is 2.45 bits per heavy atom. The lowest BCUT2D eigenvalue weighted by molar-refractivity contribution is 0.0526. The predicted molar refractivity (Wildman–Crippen MR) is 88.6 cm³/mol. The van der Waals surface area contributed by atoms with Crippen LogP contribution in [0.15, 0.2) is 53.4 Å². The summed E-state index contributed by atoms with van der Waals surface area (Å²) in [5.41, 5.74) is 1.69. The summed E-state index contributed by atoms with van der Waals surface area (Å²) in [5, 5.41) is 2.81. The van der Waals surface area contributed by atoms with E-state index in [0.29, 0.717) is 23.4 Å². The Morgan fingerprint density at radius 2 is 1.82 bits per heavy atom. The van der Waals surface area contributed by atoms with Crippen LogP contribution in [0.2, 0.25) is 0 Å². The van der Waals surface area contributed by atoms with E-state index in [1.165, 1.54) is 0 Å². The van der Waals surface area contributed by atoms with E-state index in [4.69, 9.17) is 4.74 Å². The predicted octanol–water partition coefficient (Wildman–Crippen LogP) is 3.84. The molecule has 2 aromatic rings. The van der Waals surface area contributed by atoms with Gasteiger partial charge in [-0.2, -0.15) is 0 Å². The van der Waals surface area contributed by atoms with Crippen LogP contribution in [0.5, 0.6) is 0 Å². The summed E-state index contributed by atoms with van der Waals surface area (Å²) in [7, 11) is 0. The highest BCUT2D eigenvalue weighted by Gasteiger charge is 2.09. The maximum atomic E-state index is 12.2. The lowest BCUT2D eigenvalue weighted by atomic mass is 10.2. The Hall–Kier alpha value is -2.27. The first-order chi connectivity index (χ1) is 10.6. The van der Waals surface area contributed by atoms with Gasteiger partial charge in [0.05, 0.1) is 12.2 Å². The standard InChI is InChI=1S/C17H17NO3S/c1-3-21-17(20)12-7-9-14(10-8-12)18-16(19)13-5-4-6-15(11-13)22-2/h4-11H,3H2,1-2H3,(H,18,19). The zero-order chi connectivity index (χ0) is 15.9. The lowest BCUT2D eigenvalue weighted by Gasteiger charge is -2.07. The molecule has 0 heterocycles. The summed E-state index contributed by atoms with van der Waals surface area (Å²) >= 11 is 1.59. The van der Waals surface area contributed by atoms with Gasteiger partial charge in [-0.15, -0.1) is 11.8 Å².